The van der Waals surface area contributed by atoms with E-state index in [0.29, 0.717) is 31.2 Å². The molecule has 2 saturated carbocycles. The molecule has 1 aromatic carbocycles. The lowest BCUT2D eigenvalue weighted by Gasteiger charge is -2.22. The molecule has 164 valence electrons. The molecule has 2 aliphatic carbocycles. The summed E-state index contributed by atoms with van der Waals surface area (Å²) in [7, 11) is 0. The number of pyridine rings is 1. The van der Waals surface area contributed by atoms with Crippen LogP contribution in [0.4, 0.5) is 4.39 Å². The molecule has 0 atom stereocenters. The molecule has 0 spiro atoms. The molecule has 2 fully saturated rings. The van der Waals surface area contributed by atoms with E-state index in [2.05, 4.69) is 10.3 Å². The van der Waals surface area contributed by atoms with E-state index in [9.17, 15) is 9.59 Å². The van der Waals surface area contributed by atoms with Crippen molar-refractivity contribution in [3.63, 3.8) is 0 Å². The van der Waals surface area contributed by atoms with Crippen LogP contribution in [0.2, 0.25) is 0 Å². The average molecular weight is 424 g/mol. The summed E-state index contributed by atoms with van der Waals surface area (Å²) in [6.45, 7) is 0. The standard InChI is InChI=1S/C25H30FN3O2/c26-21-15-17(7-8-18-10-12-22(23(27)30)28-16-18)9-11-20(21)25(13-14-25)24(31)29-19-5-3-1-2-4-6-19/h9-12,15-16,19H,1-8,13-14H2,(H2,27,30)(H,29,31). The Hall–Kier alpha value is -2.76. The van der Waals surface area contributed by atoms with Crippen LogP contribution in [0.1, 0.15) is 78.5 Å². The van der Waals surface area contributed by atoms with Crippen LogP contribution in [-0.4, -0.2) is 22.8 Å². The first kappa shape index (κ1) is 21.5. The van der Waals surface area contributed by atoms with Crippen LogP contribution >= 0.6 is 0 Å². The highest BCUT2D eigenvalue weighted by atomic mass is 19.1. The van der Waals surface area contributed by atoms with Gasteiger partial charge in [-0.05, 0) is 61.8 Å². The van der Waals surface area contributed by atoms with Crippen molar-refractivity contribution in [2.24, 2.45) is 5.73 Å². The van der Waals surface area contributed by atoms with Gasteiger partial charge in [0.25, 0.3) is 5.91 Å². The highest BCUT2D eigenvalue weighted by Crippen LogP contribution is 2.49. The molecule has 1 heterocycles. The van der Waals surface area contributed by atoms with E-state index in [1.165, 1.54) is 12.8 Å². The van der Waals surface area contributed by atoms with Gasteiger partial charge in [-0.1, -0.05) is 43.9 Å². The molecule has 4 rings (SSSR count). The number of halogens is 1. The zero-order chi connectivity index (χ0) is 21.8. The molecule has 0 radical (unpaired) electrons. The normalized spacial score (nSPS) is 18.2. The van der Waals surface area contributed by atoms with Crippen LogP contribution in [0, 0.1) is 5.82 Å². The molecule has 2 aliphatic rings. The molecule has 0 unspecified atom stereocenters. The predicted molar refractivity (Wildman–Crippen MR) is 117 cm³/mol. The molecule has 5 nitrogen and oxygen atoms in total. The molecular weight excluding hydrogens is 393 g/mol. The largest absolute Gasteiger partial charge is 0.364 e. The van der Waals surface area contributed by atoms with Crippen molar-refractivity contribution in [1.82, 2.24) is 10.3 Å². The summed E-state index contributed by atoms with van der Waals surface area (Å²) in [5.74, 6) is -0.860. The van der Waals surface area contributed by atoms with Crippen molar-refractivity contribution in [3.8, 4) is 0 Å². The van der Waals surface area contributed by atoms with E-state index >= 15 is 4.39 Å². The maximum atomic E-state index is 15.0. The molecule has 0 bridgehead atoms. The Balaban J connectivity index is 1.39. The summed E-state index contributed by atoms with van der Waals surface area (Å²) in [4.78, 5) is 28.2. The van der Waals surface area contributed by atoms with Crippen molar-refractivity contribution < 1.29 is 14.0 Å². The second-order valence-corrected chi connectivity index (χ2v) is 8.97. The second kappa shape index (κ2) is 9.16. The minimum absolute atomic E-state index is 0.00772. The Morgan fingerprint density at radius 1 is 1.03 bits per heavy atom. The number of aromatic nitrogens is 1. The lowest BCUT2D eigenvalue weighted by molar-refractivity contribution is -0.124. The van der Waals surface area contributed by atoms with Crippen molar-refractivity contribution in [3.05, 3.63) is 64.7 Å². The lowest BCUT2D eigenvalue weighted by atomic mass is 9.91. The number of nitrogens with one attached hydrogen (secondary N) is 1. The van der Waals surface area contributed by atoms with Gasteiger partial charge in [-0.2, -0.15) is 0 Å². The van der Waals surface area contributed by atoms with Crippen molar-refractivity contribution in [2.75, 3.05) is 0 Å². The van der Waals surface area contributed by atoms with Crippen LogP contribution in [-0.2, 0) is 23.1 Å². The highest BCUT2D eigenvalue weighted by Gasteiger charge is 2.53. The Bertz CT molecular complexity index is 946. The fraction of sp³-hybridized carbons (Fsp3) is 0.480. The molecule has 31 heavy (non-hydrogen) atoms. The van der Waals surface area contributed by atoms with Gasteiger partial charge in [0.1, 0.15) is 11.5 Å². The maximum absolute atomic E-state index is 15.0. The van der Waals surface area contributed by atoms with Crippen molar-refractivity contribution in [1.29, 1.82) is 0 Å². The smallest absolute Gasteiger partial charge is 0.267 e. The molecular formula is C25H30FN3O2. The quantitative estimate of drug-likeness (QED) is 0.661. The molecule has 1 aromatic heterocycles. The van der Waals surface area contributed by atoms with E-state index in [1.807, 2.05) is 12.1 Å². The van der Waals surface area contributed by atoms with Crippen molar-refractivity contribution >= 4 is 11.8 Å². The van der Waals surface area contributed by atoms with Crippen LogP contribution in [0.5, 0.6) is 0 Å². The van der Waals surface area contributed by atoms with Gasteiger partial charge >= 0.3 is 0 Å². The molecule has 2 aromatic rings. The molecule has 0 aliphatic heterocycles. The van der Waals surface area contributed by atoms with Gasteiger partial charge in [0.05, 0.1) is 5.41 Å². The number of aryl methyl sites for hydroxylation is 2. The third kappa shape index (κ3) is 4.94. The summed E-state index contributed by atoms with van der Waals surface area (Å²) >= 11 is 0. The summed E-state index contributed by atoms with van der Waals surface area (Å²) in [6.07, 6.45) is 11.2. The van der Waals surface area contributed by atoms with E-state index in [-0.39, 0.29) is 23.5 Å². The van der Waals surface area contributed by atoms with Gasteiger partial charge in [-0.15, -0.1) is 0 Å². The van der Waals surface area contributed by atoms with Gasteiger partial charge in [-0.25, -0.2) is 4.39 Å². The number of nitrogens with two attached hydrogens (primary N) is 1. The molecule has 3 N–H and O–H groups in total. The van der Waals surface area contributed by atoms with Gasteiger partial charge < -0.3 is 11.1 Å². The third-order valence-electron chi connectivity index (χ3n) is 6.70. The molecule has 2 amide bonds. The average Bonchev–Trinajstić information content (AvgIpc) is 3.58. The number of carbonyl (C=O) groups is 2. The SMILES string of the molecule is NC(=O)c1ccc(CCc2ccc(C3(C(=O)NC4CCCCCC4)CC3)c(F)c2)cn1. The van der Waals surface area contributed by atoms with Crippen molar-refractivity contribution in [2.45, 2.75) is 75.7 Å². The maximum Gasteiger partial charge on any atom is 0.267 e. The van der Waals surface area contributed by atoms with E-state index in [4.69, 9.17) is 5.73 Å². The Labute approximate surface area is 182 Å². The number of nitrogens with zero attached hydrogens (tertiary/aromatic N) is 1. The van der Waals surface area contributed by atoms with Crippen LogP contribution in [0.3, 0.4) is 0 Å². The van der Waals surface area contributed by atoms with Crippen LogP contribution in [0.15, 0.2) is 36.5 Å². The van der Waals surface area contributed by atoms with E-state index < -0.39 is 11.3 Å². The fourth-order valence-corrected chi connectivity index (χ4v) is 4.60. The minimum Gasteiger partial charge on any atom is -0.364 e. The first-order valence-corrected chi connectivity index (χ1v) is 11.3. The van der Waals surface area contributed by atoms with E-state index in [0.717, 1.165) is 36.8 Å². The second-order valence-electron chi connectivity index (χ2n) is 8.97. The zero-order valence-corrected chi connectivity index (χ0v) is 17.8. The zero-order valence-electron chi connectivity index (χ0n) is 17.8. The molecule has 6 heteroatoms. The number of rotatable bonds is 7. The van der Waals surface area contributed by atoms with Crippen LogP contribution < -0.4 is 11.1 Å². The van der Waals surface area contributed by atoms with Gasteiger partial charge in [0.2, 0.25) is 5.91 Å². The summed E-state index contributed by atoms with van der Waals surface area (Å²) in [5, 5.41) is 3.22. The summed E-state index contributed by atoms with van der Waals surface area (Å²) < 4.78 is 15.0. The van der Waals surface area contributed by atoms with Gasteiger partial charge in [0, 0.05) is 17.8 Å². The Morgan fingerprint density at radius 2 is 1.71 bits per heavy atom. The summed E-state index contributed by atoms with van der Waals surface area (Å²) in [5.41, 5.74) is 7.10. The lowest BCUT2D eigenvalue weighted by Crippen LogP contribution is -2.41. The first-order valence-electron chi connectivity index (χ1n) is 11.3. The summed E-state index contributed by atoms with van der Waals surface area (Å²) in [6, 6.07) is 8.91. The molecule has 0 saturated heterocycles. The number of hydrogen-bond donors (Lipinski definition) is 2. The predicted octanol–water partition coefficient (Wildman–Crippen LogP) is 3.98. The number of hydrogen-bond acceptors (Lipinski definition) is 3. The first-order chi connectivity index (χ1) is 15.0. The number of benzene rings is 1. The monoisotopic (exact) mass is 423 g/mol. The number of amides is 2. The Morgan fingerprint density at radius 3 is 2.29 bits per heavy atom. The number of primary amides is 1. The third-order valence-corrected chi connectivity index (χ3v) is 6.70. The Kier molecular flexibility index (Phi) is 6.35. The van der Waals surface area contributed by atoms with E-state index in [1.54, 1.807) is 24.4 Å². The fourth-order valence-electron chi connectivity index (χ4n) is 4.60. The number of carbonyl (C=O) groups excluding carboxylic acids is 2. The van der Waals surface area contributed by atoms with Gasteiger partial charge in [0.15, 0.2) is 0 Å². The topological polar surface area (TPSA) is 85.1 Å². The minimum atomic E-state index is -0.691. The van der Waals surface area contributed by atoms with Crippen LogP contribution in [0.25, 0.3) is 0 Å². The highest BCUT2D eigenvalue weighted by molar-refractivity contribution is 5.91. The van der Waals surface area contributed by atoms with Gasteiger partial charge in [-0.3, -0.25) is 14.6 Å².